The molecule has 2 aromatic carbocycles. The number of carbonyl (C=O) groups excluding carboxylic acids is 2. The van der Waals surface area contributed by atoms with Crippen LogP contribution >= 0.6 is 0 Å². The predicted molar refractivity (Wildman–Crippen MR) is 112 cm³/mol. The van der Waals surface area contributed by atoms with Crippen LogP contribution in [0.15, 0.2) is 67.3 Å². The van der Waals surface area contributed by atoms with Crippen molar-refractivity contribution >= 4 is 17.9 Å². The van der Waals surface area contributed by atoms with Gasteiger partial charge in [0, 0.05) is 11.6 Å². The number of carbonyl (C=O) groups is 2. The summed E-state index contributed by atoms with van der Waals surface area (Å²) in [5.74, 6) is 0.0634. The summed E-state index contributed by atoms with van der Waals surface area (Å²) in [7, 11) is 0. The lowest BCUT2D eigenvalue weighted by molar-refractivity contribution is -0.125. The van der Waals surface area contributed by atoms with E-state index in [4.69, 9.17) is 0 Å². The van der Waals surface area contributed by atoms with E-state index in [2.05, 4.69) is 31.7 Å². The summed E-state index contributed by atoms with van der Waals surface area (Å²) >= 11 is 0. The summed E-state index contributed by atoms with van der Waals surface area (Å²) in [6, 6.07) is 18.3. The molecule has 28 heavy (non-hydrogen) atoms. The van der Waals surface area contributed by atoms with Gasteiger partial charge in [-0.15, -0.1) is 6.58 Å². The molecule has 0 bridgehead atoms. The van der Waals surface area contributed by atoms with E-state index >= 15 is 0 Å². The zero-order valence-electron chi connectivity index (χ0n) is 16.4. The summed E-state index contributed by atoms with van der Waals surface area (Å²) in [5, 5.41) is 0. The number of nitrogens with zero attached hydrogens (tertiary/aromatic N) is 1. The van der Waals surface area contributed by atoms with Gasteiger partial charge in [-0.25, -0.2) is 0 Å². The van der Waals surface area contributed by atoms with E-state index in [9.17, 15) is 9.59 Å². The zero-order valence-corrected chi connectivity index (χ0v) is 16.4. The Balaban J connectivity index is 1.84. The number of hydrogen-bond acceptors (Lipinski definition) is 2. The minimum Gasteiger partial charge on any atom is -0.307 e. The van der Waals surface area contributed by atoms with Crippen LogP contribution in [0.4, 0.5) is 5.69 Å². The third-order valence-electron chi connectivity index (χ3n) is 6.69. The first-order valence-corrected chi connectivity index (χ1v) is 10.2. The Kier molecular flexibility index (Phi) is 4.92. The van der Waals surface area contributed by atoms with E-state index in [-0.39, 0.29) is 23.7 Å². The molecule has 1 spiro atoms. The maximum atomic E-state index is 14.0. The van der Waals surface area contributed by atoms with Gasteiger partial charge in [-0.3, -0.25) is 4.79 Å². The number of anilines is 1. The zero-order chi connectivity index (χ0) is 19.7. The van der Waals surface area contributed by atoms with Gasteiger partial charge < -0.3 is 9.69 Å². The molecule has 3 heteroatoms. The molecule has 2 aromatic rings. The molecule has 0 radical (unpaired) electrons. The fourth-order valence-corrected chi connectivity index (χ4v) is 5.50. The topological polar surface area (TPSA) is 37.4 Å². The van der Waals surface area contributed by atoms with Crippen LogP contribution in [0.2, 0.25) is 0 Å². The highest BCUT2D eigenvalue weighted by Crippen LogP contribution is 2.59. The first kappa shape index (κ1) is 18.7. The quantitative estimate of drug-likeness (QED) is 0.533. The largest absolute Gasteiger partial charge is 0.307 e. The lowest BCUT2D eigenvalue weighted by Gasteiger charge is -2.32. The number of benzene rings is 2. The average Bonchev–Trinajstić information content (AvgIpc) is 3.18. The van der Waals surface area contributed by atoms with Crippen molar-refractivity contribution in [3.63, 3.8) is 0 Å². The number of amides is 1. The Morgan fingerprint density at radius 3 is 2.54 bits per heavy atom. The van der Waals surface area contributed by atoms with E-state index in [1.165, 1.54) is 0 Å². The normalized spacial score (nSPS) is 28.5. The van der Waals surface area contributed by atoms with E-state index in [0.29, 0.717) is 13.0 Å². The van der Waals surface area contributed by atoms with Gasteiger partial charge in [-0.05, 0) is 41.9 Å². The SMILES string of the molecule is C=C[C@H]1C[C@@]2(C(=O)N(Cc3ccccc3)c3ccccc32)[C@H](CCC)[C@H]1C=O. The molecule has 0 unspecified atom stereocenters. The van der Waals surface area contributed by atoms with Gasteiger partial charge in [0.15, 0.2) is 0 Å². The van der Waals surface area contributed by atoms with Gasteiger partial charge >= 0.3 is 0 Å². The van der Waals surface area contributed by atoms with Crippen molar-refractivity contribution in [3.8, 4) is 0 Å². The molecule has 0 aromatic heterocycles. The van der Waals surface area contributed by atoms with Crippen LogP contribution in [0.1, 0.15) is 37.3 Å². The monoisotopic (exact) mass is 373 g/mol. The Morgan fingerprint density at radius 1 is 1.14 bits per heavy atom. The van der Waals surface area contributed by atoms with Crippen LogP contribution in [0.5, 0.6) is 0 Å². The highest BCUT2D eigenvalue weighted by molar-refractivity contribution is 6.09. The molecule has 2 aliphatic rings. The van der Waals surface area contributed by atoms with Gasteiger partial charge in [-0.1, -0.05) is 68.0 Å². The van der Waals surface area contributed by atoms with Crippen molar-refractivity contribution in [2.24, 2.45) is 17.8 Å². The van der Waals surface area contributed by atoms with Crippen molar-refractivity contribution in [3.05, 3.63) is 78.4 Å². The summed E-state index contributed by atoms with van der Waals surface area (Å²) in [4.78, 5) is 27.9. The Labute approximate surface area is 167 Å². The second kappa shape index (κ2) is 7.38. The molecule has 1 heterocycles. The summed E-state index contributed by atoms with van der Waals surface area (Å²) in [6.45, 7) is 6.66. The molecule has 1 fully saturated rings. The van der Waals surface area contributed by atoms with Crippen LogP contribution < -0.4 is 4.90 Å². The Hall–Kier alpha value is -2.68. The van der Waals surface area contributed by atoms with Gasteiger partial charge in [-0.2, -0.15) is 0 Å². The third-order valence-corrected chi connectivity index (χ3v) is 6.69. The van der Waals surface area contributed by atoms with Gasteiger partial charge in [0.1, 0.15) is 6.29 Å². The van der Waals surface area contributed by atoms with E-state index in [1.807, 2.05) is 47.4 Å². The molecule has 0 saturated heterocycles. The van der Waals surface area contributed by atoms with E-state index in [0.717, 1.165) is 35.9 Å². The fraction of sp³-hybridized carbons (Fsp3) is 0.360. The van der Waals surface area contributed by atoms with Crippen LogP contribution in [-0.2, 0) is 21.5 Å². The second-order valence-corrected chi connectivity index (χ2v) is 8.08. The minimum atomic E-state index is -0.619. The van der Waals surface area contributed by atoms with Crippen molar-refractivity contribution in [1.29, 1.82) is 0 Å². The summed E-state index contributed by atoms with van der Waals surface area (Å²) < 4.78 is 0. The molecule has 1 amide bonds. The molecule has 144 valence electrons. The van der Waals surface area contributed by atoms with Crippen LogP contribution in [0.3, 0.4) is 0 Å². The molecule has 0 N–H and O–H groups in total. The maximum absolute atomic E-state index is 14.0. The smallest absolute Gasteiger partial charge is 0.238 e. The average molecular weight is 373 g/mol. The molecule has 3 nitrogen and oxygen atoms in total. The Bertz CT molecular complexity index is 890. The standard InChI is InChI=1S/C25H27NO2/c1-3-10-21-20(17-27)19(4-2)15-25(21)22-13-8-9-14-23(22)26(24(25)28)16-18-11-6-5-7-12-18/h4-9,11-14,17,19-21H,2-3,10,15-16H2,1H3/t19-,20-,21+,25+/m0/s1. The van der Waals surface area contributed by atoms with Crippen LogP contribution in [0.25, 0.3) is 0 Å². The molecule has 4 atom stereocenters. The highest BCUT2D eigenvalue weighted by Gasteiger charge is 2.62. The molecule has 1 saturated carbocycles. The van der Waals surface area contributed by atoms with Crippen LogP contribution in [0, 0.1) is 17.8 Å². The molecule has 1 aliphatic carbocycles. The number of aldehydes is 1. The van der Waals surface area contributed by atoms with E-state index < -0.39 is 5.41 Å². The fourth-order valence-electron chi connectivity index (χ4n) is 5.50. The number of rotatable bonds is 6. The number of para-hydroxylation sites is 1. The van der Waals surface area contributed by atoms with Crippen LogP contribution in [-0.4, -0.2) is 12.2 Å². The Morgan fingerprint density at radius 2 is 1.86 bits per heavy atom. The highest BCUT2D eigenvalue weighted by atomic mass is 16.2. The second-order valence-electron chi connectivity index (χ2n) is 8.08. The van der Waals surface area contributed by atoms with Gasteiger partial charge in [0.25, 0.3) is 0 Å². The number of fused-ring (bicyclic) bond motifs is 2. The predicted octanol–water partition coefficient (Wildman–Crippen LogP) is 4.91. The van der Waals surface area contributed by atoms with Crippen molar-refractivity contribution in [2.45, 2.75) is 38.1 Å². The number of hydrogen-bond donors (Lipinski definition) is 0. The molecule has 4 rings (SSSR count). The van der Waals surface area contributed by atoms with Crippen molar-refractivity contribution < 1.29 is 9.59 Å². The lowest BCUT2D eigenvalue weighted by Crippen LogP contribution is -2.44. The minimum absolute atomic E-state index is 0.0208. The lowest BCUT2D eigenvalue weighted by atomic mass is 9.69. The van der Waals surface area contributed by atoms with E-state index in [1.54, 1.807) is 0 Å². The first-order chi connectivity index (χ1) is 13.7. The summed E-state index contributed by atoms with van der Waals surface area (Å²) in [5.41, 5.74) is 2.57. The van der Waals surface area contributed by atoms with Gasteiger partial charge in [0.05, 0.1) is 12.0 Å². The molecule has 1 aliphatic heterocycles. The number of allylic oxidation sites excluding steroid dienone is 1. The molecular weight excluding hydrogens is 346 g/mol. The van der Waals surface area contributed by atoms with Crippen molar-refractivity contribution in [1.82, 2.24) is 0 Å². The van der Waals surface area contributed by atoms with Crippen molar-refractivity contribution in [2.75, 3.05) is 4.90 Å². The molecular formula is C25H27NO2. The van der Waals surface area contributed by atoms with Gasteiger partial charge in [0.2, 0.25) is 5.91 Å². The first-order valence-electron chi connectivity index (χ1n) is 10.2. The third kappa shape index (κ3) is 2.64. The summed E-state index contributed by atoms with van der Waals surface area (Å²) in [6.07, 6.45) is 5.44. The maximum Gasteiger partial charge on any atom is 0.238 e.